The molecule has 2 N–H and O–H groups in total. The Morgan fingerprint density at radius 2 is 1.59 bits per heavy atom. The summed E-state index contributed by atoms with van der Waals surface area (Å²) in [4.78, 5) is 19.1. The maximum Gasteiger partial charge on any atom is 0.324 e. The summed E-state index contributed by atoms with van der Waals surface area (Å²) in [6, 6.07) is 24.7. The molecule has 0 unspecified atom stereocenters. The third-order valence-corrected chi connectivity index (χ3v) is 6.48. The third kappa shape index (κ3) is 6.77. The fourth-order valence-electron chi connectivity index (χ4n) is 4.53. The second kappa shape index (κ2) is 12.2. The molecule has 0 saturated carbocycles. The molecule has 4 aromatic rings. The van der Waals surface area contributed by atoms with Crippen molar-refractivity contribution < 1.29 is 14.3 Å². The summed E-state index contributed by atoms with van der Waals surface area (Å²) < 4.78 is 12.1. The highest BCUT2D eigenvalue weighted by atomic mass is 16.5. The van der Waals surface area contributed by atoms with Gasteiger partial charge in [-0.05, 0) is 67.9 Å². The second-order valence-corrected chi connectivity index (χ2v) is 9.13. The first-order valence-electron chi connectivity index (χ1n) is 12.8. The number of likely N-dealkylation sites (tertiary alicyclic amines) is 1. The highest BCUT2D eigenvalue weighted by Gasteiger charge is 2.11. The average molecular weight is 497 g/mol. The molecule has 3 aromatic carbocycles. The van der Waals surface area contributed by atoms with Crippen LogP contribution in [0.15, 0.2) is 85.1 Å². The van der Waals surface area contributed by atoms with Gasteiger partial charge in [0.2, 0.25) is 0 Å². The van der Waals surface area contributed by atoms with Gasteiger partial charge in [0.25, 0.3) is 0 Å². The number of hydrogen-bond donors (Lipinski definition) is 2. The van der Waals surface area contributed by atoms with Gasteiger partial charge in [0.1, 0.15) is 30.5 Å². The third-order valence-electron chi connectivity index (χ3n) is 6.48. The van der Waals surface area contributed by atoms with Gasteiger partial charge in [-0.15, -0.1) is 0 Å². The predicted molar refractivity (Wildman–Crippen MR) is 147 cm³/mol. The Labute approximate surface area is 217 Å². The van der Waals surface area contributed by atoms with Crippen molar-refractivity contribution in [2.45, 2.75) is 25.9 Å². The lowest BCUT2D eigenvalue weighted by molar-refractivity contribution is 0.183. The molecule has 0 radical (unpaired) electrons. The number of carbonyl (C=O) groups excluding carboxylic acids is 1. The van der Waals surface area contributed by atoms with Crippen molar-refractivity contribution >= 4 is 28.3 Å². The fraction of sp³-hybridized carbons (Fsp3) is 0.267. The van der Waals surface area contributed by atoms with E-state index in [4.69, 9.17) is 9.47 Å². The zero-order chi connectivity index (χ0) is 25.3. The molecule has 1 aromatic heterocycles. The summed E-state index contributed by atoms with van der Waals surface area (Å²) in [5.41, 5.74) is 1.76. The van der Waals surface area contributed by atoms with Gasteiger partial charge < -0.3 is 14.8 Å². The Bertz CT molecular complexity index is 1310. The van der Waals surface area contributed by atoms with E-state index in [2.05, 4.69) is 20.5 Å². The number of piperidine rings is 1. The number of nitrogens with one attached hydrogen (secondary N) is 2. The molecule has 0 aliphatic carbocycles. The zero-order valence-electron chi connectivity index (χ0n) is 20.9. The van der Waals surface area contributed by atoms with Crippen LogP contribution in [0.25, 0.3) is 10.8 Å². The van der Waals surface area contributed by atoms with Crippen molar-refractivity contribution in [3.63, 3.8) is 0 Å². The minimum Gasteiger partial charge on any atom is -0.492 e. The van der Waals surface area contributed by atoms with Crippen LogP contribution in [0.4, 0.5) is 16.3 Å². The summed E-state index contributed by atoms with van der Waals surface area (Å²) in [6.07, 6.45) is 5.57. The predicted octanol–water partition coefficient (Wildman–Crippen LogP) is 6.32. The number of anilines is 2. The minimum atomic E-state index is -0.351. The van der Waals surface area contributed by atoms with Crippen LogP contribution in [-0.4, -0.2) is 42.2 Å². The van der Waals surface area contributed by atoms with E-state index in [-0.39, 0.29) is 6.03 Å². The van der Waals surface area contributed by atoms with E-state index in [1.54, 1.807) is 18.3 Å². The zero-order valence-corrected chi connectivity index (χ0v) is 20.9. The van der Waals surface area contributed by atoms with E-state index < -0.39 is 0 Å². The van der Waals surface area contributed by atoms with Gasteiger partial charge in [-0.3, -0.25) is 10.2 Å². The molecule has 1 aliphatic heterocycles. The number of carbonyl (C=O) groups is 1. The van der Waals surface area contributed by atoms with Gasteiger partial charge in [-0.2, -0.15) is 0 Å². The van der Waals surface area contributed by atoms with Crippen molar-refractivity contribution in [3.05, 3.63) is 90.6 Å². The number of fused-ring (bicyclic) bond motifs is 1. The molecular weight excluding hydrogens is 464 g/mol. The van der Waals surface area contributed by atoms with Crippen LogP contribution < -0.4 is 20.1 Å². The van der Waals surface area contributed by atoms with Gasteiger partial charge >= 0.3 is 6.03 Å². The number of ether oxygens (including phenoxy) is 2. The van der Waals surface area contributed by atoms with Crippen LogP contribution in [0.5, 0.6) is 11.5 Å². The van der Waals surface area contributed by atoms with Crippen LogP contribution in [0.2, 0.25) is 0 Å². The first kappa shape index (κ1) is 24.6. The maximum atomic E-state index is 12.5. The number of amides is 2. The quantitative estimate of drug-likeness (QED) is 0.283. The Balaban J connectivity index is 1.17. The smallest absolute Gasteiger partial charge is 0.324 e. The average Bonchev–Trinajstić information content (AvgIpc) is 2.94. The number of hydrogen-bond acceptors (Lipinski definition) is 5. The van der Waals surface area contributed by atoms with Crippen LogP contribution in [0.3, 0.4) is 0 Å². The molecular formula is C30H32N4O3. The van der Waals surface area contributed by atoms with Gasteiger partial charge in [0.15, 0.2) is 0 Å². The van der Waals surface area contributed by atoms with E-state index in [0.29, 0.717) is 24.7 Å². The van der Waals surface area contributed by atoms with Crippen molar-refractivity contribution in [1.29, 1.82) is 0 Å². The standard InChI is InChI=1S/C30H32N4O3/c35-30(33-29-10-4-5-17-31-29)32-27-15-16-28(26-9-3-2-8-25(26)27)37-22-23-11-13-24(14-12-23)36-21-20-34-18-6-1-7-19-34/h2-5,8-17H,1,6-7,18-22H2,(H2,31,32,33,35). The molecule has 1 saturated heterocycles. The lowest BCUT2D eigenvalue weighted by atomic mass is 10.1. The Morgan fingerprint density at radius 1 is 0.811 bits per heavy atom. The molecule has 1 fully saturated rings. The minimum absolute atomic E-state index is 0.351. The first-order chi connectivity index (χ1) is 18.2. The number of urea groups is 1. The van der Waals surface area contributed by atoms with Crippen molar-refractivity contribution in [1.82, 2.24) is 9.88 Å². The van der Waals surface area contributed by atoms with E-state index in [9.17, 15) is 4.79 Å². The molecule has 1 aliphatic rings. The van der Waals surface area contributed by atoms with E-state index >= 15 is 0 Å². The highest BCUT2D eigenvalue weighted by Crippen LogP contribution is 2.32. The van der Waals surface area contributed by atoms with Crippen LogP contribution in [0, 0.1) is 0 Å². The first-order valence-corrected chi connectivity index (χ1v) is 12.8. The summed E-state index contributed by atoms with van der Waals surface area (Å²) in [5.74, 6) is 2.13. The van der Waals surface area contributed by atoms with E-state index in [0.717, 1.165) is 34.4 Å². The van der Waals surface area contributed by atoms with Gasteiger partial charge in [-0.25, -0.2) is 9.78 Å². The van der Waals surface area contributed by atoms with Gasteiger partial charge in [0, 0.05) is 23.5 Å². The van der Waals surface area contributed by atoms with Crippen molar-refractivity contribution in [2.75, 3.05) is 36.9 Å². The van der Waals surface area contributed by atoms with E-state index in [1.165, 1.54) is 32.4 Å². The SMILES string of the molecule is O=C(Nc1ccccn1)Nc1ccc(OCc2ccc(OCCN3CCCCC3)cc2)c2ccccc12. The topological polar surface area (TPSA) is 75.7 Å². The molecule has 0 spiro atoms. The molecule has 0 atom stereocenters. The number of rotatable bonds is 9. The number of aromatic nitrogens is 1. The number of nitrogens with zero attached hydrogens (tertiary/aromatic N) is 2. The summed E-state index contributed by atoms with van der Waals surface area (Å²) >= 11 is 0. The van der Waals surface area contributed by atoms with Crippen molar-refractivity contribution in [3.8, 4) is 11.5 Å². The maximum absolute atomic E-state index is 12.5. The molecule has 0 bridgehead atoms. The summed E-state index contributed by atoms with van der Waals surface area (Å²) in [7, 11) is 0. The monoisotopic (exact) mass is 496 g/mol. The van der Waals surface area contributed by atoms with E-state index in [1.807, 2.05) is 66.7 Å². The molecule has 7 nitrogen and oxygen atoms in total. The highest BCUT2D eigenvalue weighted by molar-refractivity contribution is 6.07. The normalized spacial score (nSPS) is 13.7. The molecule has 5 rings (SSSR count). The number of pyridine rings is 1. The molecule has 2 amide bonds. The Hall–Kier alpha value is -4.10. The summed E-state index contributed by atoms with van der Waals surface area (Å²) in [5, 5.41) is 7.48. The Kier molecular flexibility index (Phi) is 8.13. The summed E-state index contributed by atoms with van der Waals surface area (Å²) in [6.45, 7) is 4.49. The van der Waals surface area contributed by atoms with Crippen LogP contribution in [-0.2, 0) is 6.61 Å². The van der Waals surface area contributed by atoms with Gasteiger partial charge in [-0.1, -0.05) is 48.9 Å². The lowest BCUT2D eigenvalue weighted by Gasteiger charge is -2.26. The van der Waals surface area contributed by atoms with Crippen LogP contribution in [0.1, 0.15) is 24.8 Å². The van der Waals surface area contributed by atoms with Crippen LogP contribution >= 0.6 is 0 Å². The molecule has 37 heavy (non-hydrogen) atoms. The number of benzene rings is 3. The fourth-order valence-corrected chi connectivity index (χ4v) is 4.53. The second-order valence-electron chi connectivity index (χ2n) is 9.13. The van der Waals surface area contributed by atoms with Gasteiger partial charge in [0.05, 0.1) is 5.69 Å². The molecule has 7 heteroatoms. The molecule has 2 heterocycles. The van der Waals surface area contributed by atoms with Crippen molar-refractivity contribution in [2.24, 2.45) is 0 Å². The largest absolute Gasteiger partial charge is 0.492 e. The molecule has 190 valence electrons. The Morgan fingerprint density at radius 3 is 2.38 bits per heavy atom. The lowest BCUT2D eigenvalue weighted by Crippen LogP contribution is -2.33.